The summed E-state index contributed by atoms with van der Waals surface area (Å²) in [6.07, 6.45) is 0. The van der Waals surface area contributed by atoms with Gasteiger partial charge in [0.2, 0.25) is 0 Å². The summed E-state index contributed by atoms with van der Waals surface area (Å²) in [6.45, 7) is 0.596. The lowest BCUT2D eigenvalue weighted by Crippen LogP contribution is -2.09. The van der Waals surface area contributed by atoms with E-state index in [2.05, 4.69) is 34.1 Å². The van der Waals surface area contributed by atoms with E-state index in [4.69, 9.17) is 10.5 Å². The molecule has 100 valence electrons. The van der Waals surface area contributed by atoms with Crippen molar-refractivity contribution in [3.05, 3.63) is 58.6 Å². The summed E-state index contributed by atoms with van der Waals surface area (Å²) in [5.41, 5.74) is 7.12. The van der Waals surface area contributed by atoms with E-state index in [1.54, 1.807) is 18.9 Å². The zero-order valence-electron chi connectivity index (χ0n) is 10.7. The molecule has 0 radical (unpaired) electrons. The number of methoxy groups -OCH3 is 1. The molecule has 2 N–H and O–H groups in total. The maximum absolute atomic E-state index is 5.91. The molecule has 0 amide bonds. The molecule has 0 aromatic heterocycles. The van der Waals surface area contributed by atoms with Crippen LogP contribution in [-0.2, 0) is 0 Å². The molecule has 4 heteroatoms. The lowest BCUT2D eigenvalue weighted by molar-refractivity contribution is 0.414. The Hall–Kier alpha value is -0.970. The number of nitrogens with two attached hydrogens (primary N) is 1. The van der Waals surface area contributed by atoms with Crippen molar-refractivity contribution in [2.45, 2.75) is 10.1 Å². The van der Waals surface area contributed by atoms with Crippen LogP contribution in [0.1, 0.15) is 10.8 Å². The minimum Gasteiger partial charge on any atom is -0.497 e. The van der Waals surface area contributed by atoms with Crippen LogP contribution >= 0.6 is 27.7 Å². The van der Waals surface area contributed by atoms with Crippen molar-refractivity contribution >= 4 is 27.7 Å². The fourth-order valence-electron chi connectivity index (χ4n) is 1.76. The molecular formula is C15H16BrNOS. The van der Waals surface area contributed by atoms with Gasteiger partial charge < -0.3 is 10.5 Å². The molecule has 2 aromatic rings. The maximum Gasteiger partial charge on any atom is 0.118 e. The van der Waals surface area contributed by atoms with Crippen molar-refractivity contribution in [2.75, 3.05) is 13.7 Å². The van der Waals surface area contributed by atoms with Crippen molar-refractivity contribution in [1.82, 2.24) is 0 Å². The summed E-state index contributed by atoms with van der Waals surface area (Å²) < 4.78 is 6.28. The van der Waals surface area contributed by atoms with E-state index in [0.29, 0.717) is 6.54 Å². The van der Waals surface area contributed by atoms with Gasteiger partial charge >= 0.3 is 0 Å². The van der Waals surface area contributed by atoms with Crippen LogP contribution in [0.4, 0.5) is 0 Å². The van der Waals surface area contributed by atoms with Gasteiger partial charge in [0.05, 0.1) is 7.11 Å². The molecule has 0 aliphatic heterocycles. The van der Waals surface area contributed by atoms with E-state index < -0.39 is 0 Å². The molecule has 1 unspecified atom stereocenters. The number of thioether (sulfide) groups is 1. The highest BCUT2D eigenvalue weighted by atomic mass is 79.9. The molecule has 0 spiro atoms. The lowest BCUT2D eigenvalue weighted by atomic mass is 10.1. The third-order valence-corrected chi connectivity index (χ3v) is 5.12. The van der Waals surface area contributed by atoms with Gasteiger partial charge in [-0.25, -0.2) is 0 Å². The predicted molar refractivity (Wildman–Crippen MR) is 84.8 cm³/mol. The summed E-state index contributed by atoms with van der Waals surface area (Å²) in [7, 11) is 1.67. The van der Waals surface area contributed by atoms with Gasteiger partial charge in [-0.3, -0.25) is 0 Å². The molecule has 0 saturated heterocycles. The van der Waals surface area contributed by atoms with Gasteiger partial charge in [0.1, 0.15) is 5.75 Å². The number of hydrogen-bond donors (Lipinski definition) is 1. The summed E-state index contributed by atoms with van der Waals surface area (Å²) in [5.74, 6) is 0.866. The molecule has 19 heavy (non-hydrogen) atoms. The van der Waals surface area contributed by atoms with Gasteiger partial charge in [-0.15, -0.1) is 11.8 Å². The highest BCUT2D eigenvalue weighted by Crippen LogP contribution is 2.38. The first-order chi connectivity index (χ1) is 9.24. The minimum absolute atomic E-state index is 0.240. The third kappa shape index (κ3) is 3.75. The largest absolute Gasteiger partial charge is 0.497 e. The molecule has 2 rings (SSSR count). The van der Waals surface area contributed by atoms with Crippen molar-refractivity contribution in [2.24, 2.45) is 5.73 Å². The van der Waals surface area contributed by atoms with Crippen LogP contribution in [0.15, 0.2) is 57.9 Å². The monoisotopic (exact) mass is 337 g/mol. The molecule has 1 atom stereocenters. The topological polar surface area (TPSA) is 35.2 Å². The van der Waals surface area contributed by atoms with Crippen LogP contribution in [0.5, 0.6) is 5.75 Å². The summed E-state index contributed by atoms with van der Waals surface area (Å²) >= 11 is 5.34. The van der Waals surface area contributed by atoms with Crippen molar-refractivity contribution in [3.8, 4) is 5.75 Å². The first-order valence-electron chi connectivity index (χ1n) is 6.00. The third-order valence-electron chi connectivity index (χ3n) is 2.81. The molecule has 0 fully saturated rings. The second-order valence-corrected chi connectivity index (χ2v) is 6.14. The van der Waals surface area contributed by atoms with Gasteiger partial charge in [0, 0.05) is 21.2 Å². The zero-order valence-corrected chi connectivity index (χ0v) is 13.1. The molecule has 2 nitrogen and oxygen atoms in total. The SMILES string of the molecule is COc1ccc(C(CN)Sc2ccccc2Br)cc1. The number of hydrogen-bond acceptors (Lipinski definition) is 3. The predicted octanol–water partition coefficient (Wildman–Crippen LogP) is 4.25. The molecule has 0 heterocycles. The van der Waals surface area contributed by atoms with Crippen molar-refractivity contribution in [1.29, 1.82) is 0 Å². The first-order valence-corrected chi connectivity index (χ1v) is 7.67. The Bertz CT molecular complexity index is 530. The molecular weight excluding hydrogens is 322 g/mol. The minimum atomic E-state index is 0.240. The fourth-order valence-corrected chi connectivity index (χ4v) is 3.36. The smallest absolute Gasteiger partial charge is 0.118 e. The molecule has 0 bridgehead atoms. The maximum atomic E-state index is 5.91. The highest BCUT2D eigenvalue weighted by Gasteiger charge is 2.13. The van der Waals surface area contributed by atoms with E-state index in [9.17, 15) is 0 Å². The summed E-state index contributed by atoms with van der Waals surface area (Å²) in [6, 6.07) is 16.3. The Kier molecular flexibility index (Phi) is 5.31. The van der Waals surface area contributed by atoms with E-state index in [0.717, 1.165) is 10.2 Å². The number of benzene rings is 2. The Labute approximate surface area is 126 Å². The van der Waals surface area contributed by atoms with Crippen LogP contribution in [-0.4, -0.2) is 13.7 Å². The van der Waals surface area contributed by atoms with Gasteiger partial charge in [0.15, 0.2) is 0 Å². The molecule has 0 aliphatic carbocycles. The lowest BCUT2D eigenvalue weighted by Gasteiger charge is -2.16. The van der Waals surface area contributed by atoms with E-state index in [-0.39, 0.29) is 5.25 Å². The fraction of sp³-hybridized carbons (Fsp3) is 0.200. The van der Waals surface area contributed by atoms with Crippen molar-refractivity contribution < 1.29 is 4.74 Å². The second kappa shape index (κ2) is 6.98. The van der Waals surface area contributed by atoms with Gasteiger partial charge in [-0.05, 0) is 45.8 Å². The summed E-state index contributed by atoms with van der Waals surface area (Å²) in [5, 5.41) is 0.240. The quantitative estimate of drug-likeness (QED) is 0.828. The summed E-state index contributed by atoms with van der Waals surface area (Å²) in [4.78, 5) is 1.20. The van der Waals surface area contributed by atoms with Gasteiger partial charge in [-0.2, -0.15) is 0 Å². The average Bonchev–Trinajstić information content (AvgIpc) is 2.47. The van der Waals surface area contributed by atoms with Crippen LogP contribution in [0, 0.1) is 0 Å². The van der Waals surface area contributed by atoms with E-state index >= 15 is 0 Å². The van der Waals surface area contributed by atoms with Gasteiger partial charge in [0.25, 0.3) is 0 Å². The van der Waals surface area contributed by atoms with Crippen LogP contribution in [0.2, 0.25) is 0 Å². The van der Waals surface area contributed by atoms with E-state index in [1.165, 1.54) is 10.5 Å². The Morgan fingerprint density at radius 2 is 1.84 bits per heavy atom. The zero-order chi connectivity index (χ0) is 13.7. The van der Waals surface area contributed by atoms with Crippen LogP contribution in [0.25, 0.3) is 0 Å². The highest BCUT2D eigenvalue weighted by molar-refractivity contribution is 9.10. The van der Waals surface area contributed by atoms with Crippen LogP contribution < -0.4 is 10.5 Å². The van der Waals surface area contributed by atoms with E-state index in [1.807, 2.05) is 30.3 Å². The van der Waals surface area contributed by atoms with Crippen molar-refractivity contribution in [3.63, 3.8) is 0 Å². The standard InChI is InChI=1S/C15H16BrNOS/c1-18-12-8-6-11(7-9-12)15(10-17)19-14-5-3-2-4-13(14)16/h2-9,15H,10,17H2,1H3. The van der Waals surface area contributed by atoms with Crippen LogP contribution in [0.3, 0.4) is 0 Å². The average molecular weight is 338 g/mol. The second-order valence-electron chi connectivity index (χ2n) is 4.05. The number of rotatable bonds is 5. The Morgan fingerprint density at radius 1 is 1.16 bits per heavy atom. The number of ether oxygens (including phenoxy) is 1. The first kappa shape index (κ1) is 14.4. The Morgan fingerprint density at radius 3 is 2.42 bits per heavy atom. The normalized spacial score (nSPS) is 12.2. The van der Waals surface area contributed by atoms with Gasteiger partial charge in [-0.1, -0.05) is 24.3 Å². The molecule has 2 aromatic carbocycles. The Balaban J connectivity index is 2.17. The molecule has 0 saturated carbocycles. The number of halogens is 1. The molecule has 0 aliphatic rings.